The number of hydrogen-bond donors (Lipinski definition) is 0. The van der Waals surface area contributed by atoms with Crippen molar-refractivity contribution in [3.8, 4) is 17.2 Å². The van der Waals surface area contributed by atoms with E-state index in [1.165, 1.54) is 0 Å². The van der Waals surface area contributed by atoms with Crippen molar-refractivity contribution in [2.24, 2.45) is 0 Å². The molecule has 0 aromatic heterocycles. The van der Waals surface area contributed by atoms with Crippen LogP contribution in [-0.4, -0.2) is 65.9 Å². The van der Waals surface area contributed by atoms with Crippen molar-refractivity contribution < 1.29 is 26.6 Å². The molecule has 9 heteroatoms. The van der Waals surface area contributed by atoms with Gasteiger partial charge in [0.15, 0.2) is 0 Å². The van der Waals surface area contributed by atoms with Crippen LogP contribution in [0, 0.1) is 0 Å². The molecule has 0 aliphatic rings. The molecule has 0 spiro atoms. The fraction of sp³-hybridized carbons (Fsp3) is 0.143. The summed E-state index contributed by atoms with van der Waals surface area (Å²) in [4.78, 5) is 0. The Balaban J connectivity index is 0.000000225. The Labute approximate surface area is 202 Å². The monoisotopic (exact) mass is 594 g/mol. The van der Waals surface area contributed by atoms with Crippen LogP contribution in [0.4, 0.5) is 0 Å². The van der Waals surface area contributed by atoms with Crippen molar-refractivity contribution in [3.63, 3.8) is 0 Å². The first-order valence-electron chi connectivity index (χ1n) is 8.83. The standard InChI is InChI=1S/3C7H7GeO2/c3*8-10-7-4-2-1-3-6(7)5-9/h3*1-4,9H,5H2/p+3. The Hall–Kier alpha value is -1.43. The minimum atomic E-state index is 0.282. The molecule has 3 rings (SSSR count). The average molecular weight is 590 g/mol. The van der Waals surface area contributed by atoms with Crippen molar-refractivity contribution in [1.82, 2.24) is 0 Å². The van der Waals surface area contributed by atoms with Crippen LogP contribution in [0.1, 0.15) is 16.7 Å². The molecule has 3 aromatic rings. The summed E-state index contributed by atoms with van der Waals surface area (Å²) in [7, 11) is 0. The van der Waals surface area contributed by atoms with E-state index in [0.29, 0.717) is 0 Å². The average Bonchev–Trinajstić information content (AvgIpc) is 2.84. The predicted octanol–water partition coefficient (Wildman–Crippen LogP) is 1.12. The van der Waals surface area contributed by atoms with E-state index in [1.54, 1.807) is 50.6 Å². The SMILES string of the molecule is [OH2+]Cc1ccccc1[O][Ge].[OH2+]Cc1ccccc1[O][Ge].[OH2+]Cc1ccccc1[O][Ge]. The van der Waals surface area contributed by atoms with Gasteiger partial charge in [-0.05, 0) is 0 Å². The van der Waals surface area contributed by atoms with E-state index in [9.17, 15) is 0 Å². The topological polar surface area (TPSA) is 96.4 Å². The first kappa shape index (κ1) is 26.6. The molecule has 0 heterocycles. The molecule has 6 nitrogen and oxygen atoms in total. The maximum atomic E-state index is 7.11. The molecule has 0 fully saturated rings. The number of benzene rings is 3. The third-order valence-electron chi connectivity index (χ3n) is 3.82. The van der Waals surface area contributed by atoms with Gasteiger partial charge in [-0.2, -0.15) is 0 Å². The number of rotatable bonds is 6. The Morgan fingerprint density at radius 2 is 0.700 bits per heavy atom. The molecule has 0 amide bonds. The van der Waals surface area contributed by atoms with Crippen molar-refractivity contribution >= 4 is 50.6 Å². The molecule has 0 aliphatic carbocycles. The van der Waals surface area contributed by atoms with E-state index < -0.39 is 0 Å². The van der Waals surface area contributed by atoms with Gasteiger partial charge in [0.05, 0.1) is 0 Å². The fourth-order valence-electron chi connectivity index (χ4n) is 2.25. The summed E-state index contributed by atoms with van der Waals surface area (Å²) in [6.07, 6.45) is 0. The summed E-state index contributed by atoms with van der Waals surface area (Å²) in [5.41, 5.74) is 2.81. The summed E-state index contributed by atoms with van der Waals surface area (Å²) < 4.78 is 15.0. The van der Waals surface area contributed by atoms with E-state index in [4.69, 9.17) is 26.6 Å². The summed E-state index contributed by atoms with van der Waals surface area (Å²) in [6, 6.07) is 22.7. The zero-order valence-corrected chi connectivity index (χ0v) is 22.6. The molecular formula is C21H24Ge3O6+3. The summed E-state index contributed by atoms with van der Waals surface area (Å²) in [5, 5.41) is 21.3. The van der Waals surface area contributed by atoms with Gasteiger partial charge in [-0.15, -0.1) is 0 Å². The molecule has 153 valence electrons. The van der Waals surface area contributed by atoms with Gasteiger partial charge < -0.3 is 0 Å². The second kappa shape index (κ2) is 16.3. The molecule has 0 bridgehead atoms. The number of hydrogen-bond acceptors (Lipinski definition) is 3. The minimum absolute atomic E-state index is 0.282. The van der Waals surface area contributed by atoms with Crippen LogP contribution in [0.3, 0.4) is 0 Å². The van der Waals surface area contributed by atoms with Gasteiger partial charge in [0.25, 0.3) is 0 Å². The Kier molecular flexibility index (Phi) is 14.4. The van der Waals surface area contributed by atoms with Crippen molar-refractivity contribution in [3.05, 3.63) is 89.5 Å². The Bertz CT molecular complexity index is 681. The predicted molar refractivity (Wildman–Crippen MR) is 120 cm³/mol. The molecule has 0 saturated carbocycles. The van der Waals surface area contributed by atoms with E-state index >= 15 is 0 Å². The molecule has 6 N–H and O–H groups in total. The second-order valence-electron chi connectivity index (χ2n) is 5.66. The molecule has 0 unspecified atom stereocenters. The molecule has 3 aromatic carbocycles. The quantitative estimate of drug-likeness (QED) is 0.318. The van der Waals surface area contributed by atoms with E-state index in [2.05, 4.69) is 0 Å². The molecule has 9 radical (unpaired) electrons. The van der Waals surface area contributed by atoms with Crippen LogP contribution in [0.25, 0.3) is 0 Å². The summed E-state index contributed by atoms with van der Waals surface area (Å²) in [5.74, 6) is 2.41. The van der Waals surface area contributed by atoms with Gasteiger partial charge in [-0.3, -0.25) is 0 Å². The number of para-hydroxylation sites is 3. The van der Waals surface area contributed by atoms with E-state index in [1.807, 2.05) is 72.8 Å². The van der Waals surface area contributed by atoms with Crippen LogP contribution in [0.5, 0.6) is 17.2 Å². The van der Waals surface area contributed by atoms with Crippen LogP contribution >= 0.6 is 0 Å². The first-order chi connectivity index (χ1) is 14.6. The maximum absolute atomic E-state index is 7.11. The van der Waals surface area contributed by atoms with Gasteiger partial charge in [-0.25, -0.2) is 0 Å². The molecule has 0 atom stereocenters. The summed E-state index contributed by atoms with van der Waals surface area (Å²) >= 11 is 4.86. The third-order valence-corrected chi connectivity index (χ3v) is 5.20. The first-order valence-corrected chi connectivity index (χ1v) is 11.4. The van der Waals surface area contributed by atoms with Crippen molar-refractivity contribution in [1.29, 1.82) is 0 Å². The zero-order valence-electron chi connectivity index (χ0n) is 16.3. The van der Waals surface area contributed by atoms with Gasteiger partial charge >= 0.3 is 204 Å². The van der Waals surface area contributed by atoms with Gasteiger partial charge in [0, 0.05) is 0 Å². The Morgan fingerprint density at radius 1 is 0.467 bits per heavy atom. The normalized spacial score (nSPS) is 9.40. The van der Waals surface area contributed by atoms with Crippen LogP contribution in [-0.2, 0) is 19.8 Å². The molecule has 0 aliphatic heterocycles. The summed E-state index contributed by atoms with van der Waals surface area (Å²) in [6.45, 7) is 0.845. The fourth-order valence-corrected chi connectivity index (χ4v) is 3.50. The van der Waals surface area contributed by atoms with Gasteiger partial charge in [0.1, 0.15) is 0 Å². The van der Waals surface area contributed by atoms with Crippen molar-refractivity contribution in [2.75, 3.05) is 0 Å². The molecule has 0 saturated heterocycles. The van der Waals surface area contributed by atoms with Crippen molar-refractivity contribution in [2.45, 2.75) is 19.8 Å². The van der Waals surface area contributed by atoms with Gasteiger partial charge in [0.2, 0.25) is 0 Å². The molecule has 30 heavy (non-hydrogen) atoms. The third kappa shape index (κ3) is 9.15. The van der Waals surface area contributed by atoms with Crippen LogP contribution in [0.15, 0.2) is 72.8 Å². The molecular weight excluding hydrogens is 566 g/mol. The van der Waals surface area contributed by atoms with Crippen LogP contribution in [0.2, 0.25) is 0 Å². The van der Waals surface area contributed by atoms with E-state index in [-0.39, 0.29) is 19.8 Å². The second-order valence-corrected chi connectivity index (χ2v) is 6.94. The Morgan fingerprint density at radius 3 is 0.867 bits per heavy atom. The van der Waals surface area contributed by atoms with Crippen LogP contribution < -0.4 is 11.3 Å². The van der Waals surface area contributed by atoms with Gasteiger partial charge in [-0.1, -0.05) is 0 Å². The van der Waals surface area contributed by atoms with E-state index in [0.717, 1.165) is 33.9 Å². The zero-order chi connectivity index (χ0) is 22.2.